The van der Waals surface area contributed by atoms with Gasteiger partial charge in [-0.3, -0.25) is 9.59 Å². The van der Waals surface area contributed by atoms with Crippen LogP contribution in [0, 0.1) is 11.7 Å². The van der Waals surface area contributed by atoms with Crippen molar-refractivity contribution in [2.45, 2.75) is 32.2 Å². The van der Waals surface area contributed by atoms with E-state index in [0.29, 0.717) is 38.2 Å². The van der Waals surface area contributed by atoms with Crippen molar-refractivity contribution in [3.05, 3.63) is 35.6 Å². The van der Waals surface area contributed by atoms with Crippen molar-refractivity contribution in [1.29, 1.82) is 0 Å². The number of morpholine rings is 1. The molecule has 7 heteroatoms. The number of benzene rings is 1. The molecule has 0 bridgehead atoms. The van der Waals surface area contributed by atoms with Crippen molar-refractivity contribution in [1.82, 2.24) is 10.2 Å². The summed E-state index contributed by atoms with van der Waals surface area (Å²) in [6.07, 6.45) is 0.648. The first-order chi connectivity index (χ1) is 12.4. The maximum atomic E-state index is 13.2. The second-order valence-electron chi connectivity index (χ2n) is 6.72. The van der Waals surface area contributed by atoms with Crippen molar-refractivity contribution in [3.63, 3.8) is 0 Å². The summed E-state index contributed by atoms with van der Waals surface area (Å²) in [4.78, 5) is 38.2. The number of hydrogen-bond acceptors (Lipinski definition) is 4. The minimum absolute atomic E-state index is 0.0405. The summed E-state index contributed by atoms with van der Waals surface area (Å²) in [6, 6.07) is 4.88. The van der Waals surface area contributed by atoms with Crippen LogP contribution in [0.1, 0.15) is 31.7 Å². The Labute approximate surface area is 152 Å². The van der Waals surface area contributed by atoms with Crippen LogP contribution in [0.4, 0.5) is 4.39 Å². The fourth-order valence-electron chi connectivity index (χ4n) is 2.80. The molecule has 1 aromatic rings. The molecule has 1 N–H and O–H groups in total. The summed E-state index contributed by atoms with van der Waals surface area (Å²) in [5.41, 5.74) is 0.541. The van der Waals surface area contributed by atoms with E-state index >= 15 is 0 Å². The predicted molar refractivity (Wildman–Crippen MR) is 94.0 cm³/mol. The maximum Gasteiger partial charge on any atom is 0.228 e. The molecule has 2 atom stereocenters. The number of amides is 2. The van der Waals surface area contributed by atoms with Crippen molar-refractivity contribution < 1.29 is 23.5 Å². The third-order valence-electron chi connectivity index (χ3n) is 4.51. The van der Waals surface area contributed by atoms with E-state index < -0.39 is 23.7 Å². The number of aldehydes is 1. The van der Waals surface area contributed by atoms with Crippen LogP contribution < -0.4 is 5.32 Å². The van der Waals surface area contributed by atoms with Crippen LogP contribution in [0.3, 0.4) is 0 Å². The van der Waals surface area contributed by atoms with Gasteiger partial charge in [-0.05, 0) is 23.6 Å². The first kappa shape index (κ1) is 20.0. The molecule has 1 aliphatic heterocycles. The molecule has 1 aliphatic rings. The lowest BCUT2D eigenvalue weighted by Gasteiger charge is -2.29. The molecule has 0 saturated carbocycles. The Bertz CT molecular complexity index is 627. The SMILES string of the molecule is CC(C)[C@@H](C=O)NC(=O)[C@@H](CC(=O)N1CCOCC1)c1ccc(F)cc1. The van der Waals surface area contributed by atoms with Crippen molar-refractivity contribution in [2.75, 3.05) is 26.3 Å². The number of rotatable bonds is 7. The maximum absolute atomic E-state index is 13.2. The summed E-state index contributed by atoms with van der Waals surface area (Å²) in [5, 5.41) is 2.69. The van der Waals surface area contributed by atoms with E-state index in [4.69, 9.17) is 4.74 Å². The van der Waals surface area contributed by atoms with Crippen LogP contribution in [0.5, 0.6) is 0 Å². The van der Waals surface area contributed by atoms with Crippen LogP contribution in [-0.4, -0.2) is 55.3 Å². The molecular weight excluding hydrogens is 339 g/mol. The van der Waals surface area contributed by atoms with Crippen LogP contribution in [-0.2, 0) is 19.1 Å². The first-order valence-electron chi connectivity index (χ1n) is 8.79. The number of carbonyl (C=O) groups excluding carboxylic acids is 3. The zero-order chi connectivity index (χ0) is 19.1. The molecule has 1 aromatic carbocycles. The Balaban J connectivity index is 2.17. The normalized spacial score (nSPS) is 16.8. The van der Waals surface area contributed by atoms with E-state index in [1.165, 1.54) is 24.3 Å². The molecular formula is C19H25FN2O4. The van der Waals surface area contributed by atoms with Crippen LogP contribution in [0.15, 0.2) is 24.3 Å². The van der Waals surface area contributed by atoms with E-state index in [9.17, 15) is 18.8 Å². The minimum Gasteiger partial charge on any atom is -0.378 e. The molecule has 0 aliphatic carbocycles. The summed E-state index contributed by atoms with van der Waals surface area (Å²) >= 11 is 0. The number of ether oxygens (including phenoxy) is 1. The zero-order valence-corrected chi connectivity index (χ0v) is 15.1. The largest absolute Gasteiger partial charge is 0.378 e. The summed E-state index contributed by atoms with van der Waals surface area (Å²) in [5.74, 6) is -1.85. The molecule has 142 valence electrons. The third kappa shape index (κ3) is 5.36. The Morgan fingerprint density at radius 3 is 2.38 bits per heavy atom. The molecule has 0 spiro atoms. The van der Waals surface area contributed by atoms with Crippen molar-refractivity contribution in [3.8, 4) is 0 Å². The fraction of sp³-hybridized carbons (Fsp3) is 0.526. The van der Waals surface area contributed by atoms with E-state index in [1.54, 1.807) is 4.90 Å². The van der Waals surface area contributed by atoms with Crippen molar-refractivity contribution >= 4 is 18.1 Å². The van der Waals surface area contributed by atoms with Gasteiger partial charge in [0.05, 0.1) is 25.2 Å². The third-order valence-corrected chi connectivity index (χ3v) is 4.51. The summed E-state index contributed by atoms with van der Waals surface area (Å²) < 4.78 is 18.5. The van der Waals surface area contributed by atoms with Gasteiger partial charge in [0.15, 0.2) is 0 Å². The molecule has 0 aromatic heterocycles. The van der Waals surface area contributed by atoms with Gasteiger partial charge in [0.2, 0.25) is 11.8 Å². The molecule has 26 heavy (non-hydrogen) atoms. The van der Waals surface area contributed by atoms with Gasteiger partial charge in [-0.15, -0.1) is 0 Å². The van der Waals surface area contributed by atoms with Gasteiger partial charge in [-0.1, -0.05) is 26.0 Å². The molecule has 0 radical (unpaired) electrons. The highest BCUT2D eigenvalue weighted by atomic mass is 19.1. The standard InChI is InChI=1S/C19H25FN2O4/c1-13(2)17(12-23)21-19(25)16(14-3-5-15(20)6-4-14)11-18(24)22-7-9-26-10-8-22/h3-6,12-13,16-17H,7-11H2,1-2H3,(H,21,25)/t16-,17+/m0/s1. The van der Waals surface area contributed by atoms with E-state index in [-0.39, 0.29) is 18.2 Å². The van der Waals surface area contributed by atoms with E-state index in [1.807, 2.05) is 13.8 Å². The topological polar surface area (TPSA) is 75.7 Å². The average molecular weight is 364 g/mol. The van der Waals surface area contributed by atoms with Crippen LogP contribution in [0.2, 0.25) is 0 Å². The number of nitrogens with one attached hydrogen (secondary N) is 1. The van der Waals surface area contributed by atoms with Crippen LogP contribution in [0.25, 0.3) is 0 Å². The molecule has 2 amide bonds. The quantitative estimate of drug-likeness (QED) is 0.744. The molecule has 1 heterocycles. The number of halogens is 1. The van der Waals surface area contributed by atoms with Gasteiger partial charge in [-0.2, -0.15) is 0 Å². The highest BCUT2D eigenvalue weighted by Crippen LogP contribution is 2.22. The second kappa shape index (κ2) is 9.43. The number of nitrogens with zero attached hydrogens (tertiary/aromatic N) is 1. The van der Waals surface area contributed by atoms with Crippen LogP contribution >= 0.6 is 0 Å². The van der Waals surface area contributed by atoms with Gasteiger partial charge >= 0.3 is 0 Å². The van der Waals surface area contributed by atoms with Gasteiger partial charge in [0.25, 0.3) is 0 Å². The van der Waals surface area contributed by atoms with Crippen molar-refractivity contribution in [2.24, 2.45) is 5.92 Å². The zero-order valence-electron chi connectivity index (χ0n) is 15.1. The monoisotopic (exact) mass is 364 g/mol. The number of hydrogen-bond donors (Lipinski definition) is 1. The molecule has 2 rings (SSSR count). The average Bonchev–Trinajstić information content (AvgIpc) is 2.65. The lowest BCUT2D eigenvalue weighted by atomic mass is 9.93. The fourth-order valence-corrected chi connectivity index (χ4v) is 2.80. The molecule has 0 unspecified atom stereocenters. The lowest BCUT2D eigenvalue weighted by molar-refractivity contribution is -0.138. The predicted octanol–water partition coefficient (Wildman–Crippen LogP) is 1.50. The highest BCUT2D eigenvalue weighted by molar-refractivity contribution is 5.91. The minimum atomic E-state index is -0.785. The second-order valence-corrected chi connectivity index (χ2v) is 6.72. The Morgan fingerprint density at radius 2 is 1.85 bits per heavy atom. The van der Waals surface area contributed by atoms with Gasteiger partial charge in [0.1, 0.15) is 12.1 Å². The summed E-state index contributed by atoms with van der Waals surface area (Å²) in [7, 11) is 0. The Hall–Kier alpha value is -2.28. The van der Waals surface area contributed by atoms with E-state index in [0.717, 1.165) is 0 Å². The summed E-state index contributed by atoms with van der Waals surface area (Å²) in [6.45, 7) is 5.56. The van der Waals surface area contributed by atoms with E-state index in [2.05, 4.69) is 5.32 Å². The molecule has 1 saturated heterocycles. The number of carbonyl (C=O) groups is 3. The van der Waals surface area contributed by atoms with Gasteiger partial charge < -0.3 is 19.7 Å². The molecule has 6 nitrogen and oxygen atoms in total. The Kier molecular flexibility index (Phi) is 7.26. The smallest absolute Gasteiger partial charge is 0.228 e. The van der Waals surface area contributed by atoms with Gasteiger partial charge in [-0.25, -0.2) is 4.39 Å². The molecule has 1 fully saturated rings. The lowest BCUT2D eigenvalue weighted by Crippen LogP contribution is -2.45. The van der Waals surface area contributed by atoms with Gasteiger partial charge in [0, 0.05) is 19.5 Å². The highest BCUT2D eigenvalue weighted by Gasteiger charge is 2.29. The first-order valence-corrected chi connectivity index (χ1v) is 8.79. The Morgan fingerprint density at radius 1 is 1.23 bits per heavy atom.